The standard InChI is InChI=1S/C35H23N/c1-2-12-28-24(9-1)10-7-17-29(28)25-18-20-26(21-19-25)34-30-13-3-5-15-32(30)35(27-11-8-22-36-23-27)33-16-6-4-14-31(33)34/h1-23H. The van der Waals surface area contributed by atoms with Crippen LogP contribution >= 0.6 is 0 Å². The molecule has 0 atom stereocenters. The first-order valence-electron chi connectivity index (χ1n) is 12.3. The molecule has 1 heteroatoms. The smallest absolute Gasteiger partial charge is 0.0346 e. The van der Waals surface area contributed by atoms with E-state index in [1.165, 1.54) is 60.1 Å². The fourth-order valence-electron chi connectivity index (χ4n) is 5.55. The van der Waals surface area contributed by atoms with Crippen molar-refractivity contribution in [1.82, 2.24) is 4.98 Å². The van der Waals surface area contributed by atoms with Gasteiger partial charge in [0.05, 0.1) is 0 Å². The Morgan fingerprint density at radius 2 is 0.889 bits per heavy atom. The molecule has 7 aromatic rings. The van der Waals surface area contributed by atoms with Crippen molar-refractivity contribution >= 4 is 32.3 Å². The number of pyridine rings is 1. The Hall–Kier alpha value is -4.75. The first kappa shape index (κ1) is 20.6. The van der Waals surface area contributed by atoms with Crippen molar-refractivity contribution in [1.29, 1.82) is 0 Å². The lowest BCUT2D eigenvalue weighted by atomic mass is 9.86. The van der Waals surface area contributed by atoms with Gasteiger partial charge in [-0.25, -0.2) is 0 Å². The van der Waals surface area contributed by atoms with Gasteiger partial charge in [0.25, 0.3) is 0 Å². The van der Waals surface area contributed by atoms with Crippen molar-refractivity contribution in [2.24, 2.45) is 0 Å². The Kier molecular flexibility index (Phi) is 4.85. The highest BCUT2D eigenvalue weighted by Gasteiger charge is 2.16. The zero-order valence-electron chi connectivity index (χ0n) is 19.7. The largest absolute Gasteiger partial charge is 0.264 e. The predicted octanol–water partition coefficient (Wildman–Crippen LogP) is 9.54. The minimum atomic E-state index is 1.14. The molecule has 0 aliphatic heterocycles. The Labute approximate surface area is 210 Å². The monoisotopic (exact) mass is 457 g/mol. The molecule has 0 amide bonds. The number of benzene rings is 6. The van der Waals surface area contributed by atoms with Crippen LogP contribution in [0.4, 0.5) is 0 Å². The summed E-state index contributed by atoms with van der Waals surface area (Å²) in [5, 5.41) is 7.56. The van der Waals surface area contributed by atoms with Gasteiger partial charge in [0.1, 0.15) is 0 Å². The van der Waals surface area contributed by atoms with Gasteiger partial charge in [0.2, 0.25) is 0 Å². The number of rotatable bonds is 3. The van der Waals surface area contributed by atoms with E-state index in [0.29, 0.717) is 0 Å². The highest BCUT2D eigenvalue weighted by atomic mass is 14.6. The van der Waals surface area contributed by atoms with E-state index < -0.39 is 0 Å². The molecule has 6 aromatic carbocycles. The van der Waals surface area contributed by atoms with E-state index in [1.54, 1.807) is 0 Å². The van der Waals surface area contributed by atoms with Gasteiger partial charge >= 0.3 is 0 Å². The molecule has 1 aromatic heterocycles. The Balaban J connectivity index is 1.47. The summed E-state index contributed by atoms with van der Waals surface area (Å²) in [5.41, 5.74) is 7.38. The molecule has 0 saturated heterocycles. The highest BCUT2D eigenvalue weighted by Crippen LogP contribution is 2.43. The third-order valence-corrected chi connectivity index (χ3v) is 7.16. The van der Waals surface area contributed by atoms with Crippen LogP contribution in [0.2, 0.25) is 0 Å². The molecule has 0 bridgehead atoms. The summed E-state index contributed by atoms with van der Waals surface area (Å²) in [4.78, 5) is 4.42. The van der Waals surface area contributed by atoms with E-state index in [1.807, 2.05) is 18.5 Å². The van der Waals surface area contributed by atoms with Crippen LogP contribution in [0.25, 0.3) is 65.7 Å². The van der Waals surface area contributed by atoms with Crippen LogP contribution in [0, 0.1) is 0 Å². The fourth-order valence-corrected chi connectivity index (χ4v) is 5.55. The van der Waals surface area contributed by atoms with Gasteiger partial charge in [-0.15, -0.1) is 0 Å². The highest BCUT2D eigenvalue weighted by molar-refractivity contribution is 6.21. The van der Waals surface area contributed by atoms with Crippen molar-refractivity contribution in [2.75, 3.05) is 0 Å². The second kappa shape index (κ2) is 8.48. The first-order valence-corrected chi connectivity index (χ1v) is 12.3. The number of hydrogen-bond acceptors (Lipinski definition) is 1. The van der Waals surface area contributed by atoms with Gasteiger partial charge in [-0.1, -0.05) is 121 Å². The molecule has 0 saturated carbocycles. The number of nitrogens with zero attached hydrogens (tertiary/aromatic N) is 1. The maximum Gasteiger partial charge on any atom is 0.0346 e. The minimum absolute atomic E-state index is 1.14. The van der Waals surface area contributed by atoms with E-state index >= 15 is 0 Å². The third-order valence-electron chi connectivity index (χ3n) is 7.16. The second-order valence-corrected chi connectivity index (χ2v) is 9.19. The maximum absolute atomic E-state index is 4.42. The molecule has 0 fully saturated rings. The minimum Gasteiger partial charge on any atom is -0.264 e. The van der Waals surface area contributed by atoms with Crippen LogP contribution in [-0.2, 0) is 0 Å². The molecule has 0 aliphatic rings. The van der Waals surface area contributed by atoms with Crippen LogP contribution in [-0.4, -0.2) is 4.98 Å². The zero-order chi connectivity index (χ0) is 23.9. The molecule has 7 rings (SSSR count). The van der Waals surface area contributed by atoms with Gasteiger partial charge in [0, 0.05) is 18.0 Å². The van der Waals surface area contributed by atoms with Crippen molar-refractivity contribution in [3.8, 4) is 33.4 Å². The van der Waals surface area contributed by atoms with Crippen LogP contribution in [0.15, 0.2) is 140 Å². The van der Waals surface area contributed by atoms with Gasteiger partial charge in [0.15, 0.2) is 0 Å². The lowest BCUT2D eigenvalue weighted by Gasteiger charge is -2.17. The first-order chi connectivity index (χ1) is 17.9. The van der Waals surface area contributed by atoms with E-state index in [9.17, 15) is 0 Å². The average molecular weight is 458 g/mol. The summed E-state index contributed by atoms with van der Waals surface area (Å²) >= 11 is 0. The summed E-state index contributed by atoms with van der Waals surface area (Å²) in [7, 11) is 0. The zero-order valence-corrected chi connectivity index (χ0v) is 19.7. The lowest BCUT2D eigenvalue weighted by molar-refractivity contribution is 1.33. The summed E-state index contributed by atoms with van der Waals surface area (Å²) < 4.78 is 0. The van der Waals surface area contributed by atoms with Crippen LogP contribution in [0.5, 0.6) is 0 Å². The predicted molar refractivity (Wildman–Crippen MR) is 153 cm³/mol. The quantitative estimate of drug-likeness (QED) is 0.241. The fraction of sp³-hybridized carbons (Fsp3) is 0. The van der Waals surface area contributed by atoms with E-state index in [2.05, 4.69) is 126 Å². The van der Waals surface area contributed by atoms with E-state index in [-0.39, 0.29) is 0 Å². The maximum atomic E-state index is 4.42. The van der Waals surface area contributed by atoms with Crippen molar-refractivity contribution in [2.45, 2.75) is 0 Å². The number of aromatic nitrogens is 1. The summed E-state index contributed by atoms with van der Waals surface area (Å²) in [6.07, 6.45) is 3.80. The van der Waals surface area contributed by atoms with E-state index in [4.69, 9.17) is 0 Å². The summed E-state index contributed by atoms with van der Waals surface area (Å²) in [5.74, 6) is 0. The van der Waals surface area contributed by atoms with Crippen molar-refractivity contribution in [3.05, 3.63) is 140 Å². The topological polar surface area (TPSA) is 12.9 Å². The summed E-state index contributed by atoms with van der Waals surface area (Å²) in [6.45, 7) is 0. The van der Waals surface area contributed by atoms with Gasteiger partial charge in [-0.3, -0.25) is 4.98 Å². The second-order valence-electron chi connectivity index (χ2n) is 9.19. The Bertz CT molecular complexity index is 1800. The SMILES string of the molecule is c1cncc(-c2c3ccccc3c(-c3ccc(-c4cccc5ccccc45)cc3)c3ccccc23)c1. The molecule has 0 aliphatic carbocycles. The van der Waals surface area contributed by atoms with Crippen LogP contribution < -0.4 is 0 Å². The van der Waals surface area contributed by atoms with Crippen molar-refractivity contribution in [3.63, 3.8) is 0 Å². The van der Waals surface area contributed by atoms with Gasteiger partial charge in [-0.05, 0) is 66.2 Å². The lowest BCUT2D eigenvalue weighted by Crippen LogP contribution is -1.91. The molecule has 1 nitrogen and oxygen atoms in total. The molecule has 0 radical (unpaired) electrons. The molecular formula is C35H23N. The number of hydrogen-bond donors (Lipinski definition) is 0. The van der Waals surface area contributed by atoms with Crippen LogP contribution in [0.3, 0.4) is 0 Å². The van der Waals surface area contributed by atoms with Gasteiger partial charge < -0.3 is 0 Å². The molecule has 36 heavy (non-hydrogen) atoms. The third kappa shape index (κ3) is 3.29. The summed E-state index contributed by atoms with van der Waals surface area (Å²) in [6, 6.07) is 45.8. The van der Waals surface area contributed by atoms with Gasteiger partial charge in [-0.2, -0.15) is 0 Å². The molecular weight excluding hydrogens is 434 g/mol. The molecule has 1 heterocycles. The van der Waals surface area contributed by atoms with Crippen molar-refractivity contribution < 1.29 is 0 Å². The molecule has 168 valence electrons. The Morgan fingerprint density at radius 1 is 0.361 bits per heavy atom. The van der Waals surface area contributed by atoms with E-state index in [0.717, 1.165) is 5.56 Å². The van der Waals surface area contributed by atoms with Crippen LogP contribution in [0.1, 0.15) is 0 Å². The molecule has 0 spiro atoms. The average Bonchev–Trinajstić information content (AvgIpc) is 2.96. The molecule has 0 N–H and O–H groups in total. The molecule has 0 unspecified atom stereocenters. The number of fused-ring (bicyclic) bond motifs is 3. The Morgan fingerprint density at radius 3 is 1.50 bits per heavy atom. The normalized spacial score (nSPS) is 11.3.